The third kappa shape index (κ3) is 3.20. The Hall–Kier alpha value is -1.38. The van der Waals surface area contributed by atoms with Crippen LogP contribution in [0.2, 0.25) is 0 Å². The second-order valence-electron chi connectivity index (χ2n) is 6.26. The number of nitrogens with one attached hydrogen (secondary N) is 1. The van der Waals surface area contributed by atoms with E-state index < -0.39 is 0 Å². The van der Waals surface area contributed by atoms with Crippen LogP contribution in [0.4, 0.5) is 0 Å². The van der Waals surface area contributed by atoms with Gasteiger partial charge in [-0.15, -0.1) is 0 Å². The Morgan fingerprint density at radius 1 is 1.65 bits per heavy atom. The molecule has 1 aliphatic carbocycles. The molecule has 1 aliphatic rings. The highest BCUT2D eigenvalue weighted by molar-refractivity contribution is 5.14. The molecule has 1 fully saturated rings. The number of hydrogen-bond donors (Lipinski definition) is 1. The Morgan fingerprint density at radius 3 is 2.95 bits per heavy atom. The van der Waals surface area contributed by atoms with Crippen molar-refractivity contribution >= 4 is 0 Å². The molecule has 1 aromatic heterocycles. The van der Waals surface area contributed by atoms with Gasteiger partial charge in [0, 0.05) is 31.5 Å². The molecular formula is C15H25N5. The van der Waals surface area contributed by atoms with Crippen molar-refractivity contribution in [3.05, 3.63) is 18.2 Å². The number of imidazole rings is 1. The smallest absolute Gasteiger partial charge is 0.122 e. The first-order chi connectivity index (χ1) is 9.46. The van der Waals surface area contributed by atoms with Crippen LogP contribution < -0.4 is 5.32 Å². The van der Waals surface area contributed by atoms with Gasteiger partial charge >= 0.3 is 0 Å². The van der Waals surface area contributed by atoms with E-state index in [-0.39, 0.29) is 5.54 Å². The molecule has 5 nitrogen and oxygen atoms in total. The van der Waals surface area contributed by atoms with Crippen LogP contribution in [0, 0.1) is 11.3 Å². The van der Waals surface area contributed by atoms with Crippen molar-refractivity contribution in [3.63, 3.8) is 0 Å². The van der Waals surface area contributed by atoms with Gasteiger partial charge in [0.2, 0.25) is 0 Å². The molecule has 0 aromatic carbocycles. The van der Waals surface area contributed by atoms with Gasteiger partial charge in [0.25, 0.3) is 0 Å². The highest BCUT2D eigenvalue weighted by Crippen LogP contribution is 2.33. The summed E-state index contributed by atoms with van der Waals surface area (Å²) in [6, 6.07) is 3.29. The predicted octanol–water partition coefficient (Wildman–Crippen LogP) is 1.66. The quantitative estimate of drug-likeness (QED) is 0.888. The van der Waals surface area contributed by atoms with Crippen LogP contribution in [0.25, 0.3) is 0 Å². The fourth-order valence-electron chi connectivity index (χ4n) is 3.11. The molecule has 2 atom stereocenters. The third-order valence-corrected chi connectivity index (χ3v) is 4.20. The highest BCUT2D eigenvalue weighted by atomic mass is 15.2. The van der Waals surface area contributed by atoms with E-state index in [1.807, 2.05) is 19.4 Å². The van der Waals surface area contributed by atoms with Crippen LogP contribution in [-0.4, -0.2) is 39.1 Å². The van der Waals surface area contributed by atoms with Crippen molar-refractivity contribution in [1.82, 2.24) is 19.8 Å². The molecule has 0 bridgehead atoms. The minimum absolute atomic E-state index is 0.341. The zero-order valence-corrected chi connectivity index (χ0v) is 12.9. The summed E-state index contributed by atoms with van der Waals surface area (Å²) in [4.78, 5) is 6.70. The molecule has 1 aromatic rings. The summed E-state index contributed by atoms with van der Waals surface area (Å²) in [7, 11) is 4.15. The maximum Gasteiger partial charge on any atom is 0.122 e. The molecule has 20 heavy (non-hydrogen) atoms. The summed E-state index contributed by atoms with van der Waals surface area (Å²) >= 11 is 0. The zero-order chi connectivity index (χ0) is 14.8. The summed E-state index contributed by atoms with van der Waals surface area (Å²) < 4.78 is 2.05. The second kappa shape index (κ2) is 5.94. The number of aromatic nitrogens is 2. The van der Waals surface area contributed by atoms with Crippen molar-refractivity contribution < 1.29 is 0 Å². The number of rotatable bonds is 5. The molecule has 2 unspecified atom stereocenters. The summed E-state index contributed by atoms with van der Waals surface area (Å²) in [5, 5.41) is 13.0. The molecule has 110 valence electrons. The van der Waals surface area contributed by atoms with Gasteiger partial charge in [0.15, 0.2) is 0 Å². The first-order valence-electron chi connectivity index (χ1n) is 7.31. The van der Waals surface area contributed by atoms with E-state index in [1.54, 1.807) is 0 Å². The second-order valence-corrected chi connectivity index (χ2v) is 6.26. The van der Waals surface area contributed by atoms with Crippen LogP contribution in [0.1, 0.15) is 38.9 Å². The maximum atomic E-state index is 9.52. The summed E-state index contributed by atoms with van der Waals surface area (Å²) in [6.45, 7) is 5.03. The molecule has 2 rings (SSSR count). The molecule has 1 N–H and O–H groups in total. The van der Waals surface area contributed by atoms with Crippen LogP contribution in [0.3, 0.4) is 0 Å². The maximum absolute atomic E-state index is 9.52. The molecule has 0 spiro atoms. The monoisotopic (exact) mass is 275 g/mol. The first kappa shape index (κ1) is 15.0. The van der Waals surface area contributed by atoms with Crippen molar-refractivity contribution in [1.29, 1.82) is 5.26 Å². The summed E-state index contributed by atoms with van der Waals surface area (Å²) in [5.74, 6) is 1.07. The highest BCUT2D eigenvalue weighted by Gasteiger charge is 2.41. The number of nitriles is 1. The molecule has 5 heteroatoms. The van der Waals surface area contributed by atoms with Crippen molar-refractivity contribution in [2.75, 3.05) is 7.05 Å². The summed E-state index contributed by atoms with van der Waals surface area (Å²) in [6.07, 6.45) is 6.68. The van der Waals surface area contributed by atoms with E-state index in [4.69, 9.17) is 0 Å². The molecule has 0 amide bonds. The van der Waals surface area contributed by atoms with Gasteiger partial charge in [-0.1, -0.05) is 0 Å². The van der Waals surface area contributed by atoms with E-state index in [9.17, 15) is 5.26 Å². The Labute approximate surface area is 121 Å². The van der Waals surface area contributed by atoms with Gasteiger partial charge in [0.05, 0.1) is 12.6 Å². The largest absolute Gasteiger partial charge is 0.337 e. The van der Waals surface area contributed by atoms with Crippen molar-refractivity contribution in [3.8, 4) is 6.07 Å². The zero-order valence-electron chi connectivity index (χ0n) is 12.9. The van der Waals surface area contributed by atoms with Gasteiger partial charge in [-0.25, -0.2) is 4.98 Å². The number of aryl methyl sites for hydroxylation is 1. The molecule has 1 heterocycles. The van der Waals surface area contributed by atoms with Gasteiger partial charge in [-0.3, -0.25) is 10.2 Å². The molecular weight excluding hydrogens is 250 g/mol. The lowest BCUT2D eigenvalue weighted by Gasteiger charge is -2.28. The third-order valence-electron chi connectivity index (χ3n) is 4.20. The Bertz CT molecular complexity index is 487. The standard InChI is InChI=1S/C15H25N5/c1-12(2)18-15(11-16)6-5-13(9-15)20(4)10-14-17-7-8-19(14)3/h7-8,12-13,18H,5-6,9-10H2,1-4H3. The average molecular weight is 275 g/mol. The predicted molar refractivity (Wildman–Crippen MR) is 78.9 cm³/mol. The first-order valence-corrected chi connectivity index (χ1v) is 7.31. The normalized spacial score (nSPS) is 26.4. The average Bonchev–Trinajstić information content (AvgIpc) is 2.97. The minimum Gasteiger partial charge on any atom is -0.337 e. The topological polar surface area (TPSA) is 56.9 Å². The van der Waals surface area contributed by atoms with Gasteiger partial charge in [-0.05, 0) is 40.2 Å². The number of hydrogen-bond acceptors (Lipinski definition) is 4. The minimum atomic E-state index is -0.352. The lowest BCUT2D eigenvalue weighted by Crippen LogP contribution is -2.46. The van der Waals surface area contributed by atoms with Crippen molar-refractivity contribution in [2.45, 2.75) is 57.3 Å². The fraction of sp³-hybridized carbons (Fsp3) is 0.733. The molecule has 0 radical (unpaired) electrons. The van der Waals surface area contributed by atoms with E-state index >= 15 is 0 Å². The van der Waals surface area contributed by atoms with E-state index in [1.165, 1.54) is 0 Å². The SMILES string of the molecule is CC(C)NC1(C#N)CCC(N(C)Cc2nccn2C)C1. The number of nitrogens with zero attached hydrogens (tertiary/aromatic N) is 4. The molecule has 0 aliphatic heterocycles. The van der Waals surface area contributed by atoms with Crippen LogP contribution in [0.5, 0.6) is 0 Å². The Morgan fingerprint density at radius 2 is 2.40 bits per heavy atom. The molecule has 1 saturated carbocycles. The Balaban J connectivity index is 1.98. The summed E-state index contributed by atoms with van der Waals surface area (Å²) in [5.41, 5.74) is -0.352. The van der Waals surface area contributed by atoms with Crippen LogP contribution in [0.15, 0.2) is 12.4 Å². The molecule has 0 saturated heterocycles. The fourth-order valence-corrected chi connectivity index (χ4v) is 3.11. The van der Waals surface area contributed by atoms with Crippen molar-refractivity contribution in [2.24, 2.45) is 7.05 Å². The van der Waals surface area contributed by atoms with E-state index in [2.05, 4.69) is 46.7 Å². The lowest BCUT2D eigenvalue weighted by atomic mass is 9.98. The lowest BCUT2D eigenvalue weighted by molar-refractivity contribution is 0.219. The van der Waals surface area contributed by atoms with Gasteiger partial charge < -0.3 is 4.57 Å². The van der Waals surface area contributed by atoms with E-state index in [0.717, 1.165) is 31.6 Å². The van der Waals surface area contributed by atoms with Gasteiger partial charge in [-0.2, -0.15) is 5.26 Å². The van der Waals surface area contributed by atoms with E-state index in [0.29, 0.717) is 12.1 Å². The van der Waals surface area contributed by atoms with Gasteiger partial charge in [0.1, 0.15) is 11.4 Å². The Kier molecular flexibility index (Phi) is 4.46. The van der Waals surface area contributed by atoms with Crippen LogP contribution in [-0.2, 0) is 13.6 Å². The van der Waals surface area contributed by atoms with Crippen LogP contribution >= 0.6 is 0 Å².